The van der Waals surface area contributed by atoms with Crippen molar-refractivity contribution in [1.29, 1.82) is 0 Å². The number of alkyl halides is 2. The van der Waals surface area contributed by atoms with Crippen molar-refractivity contribution in [1.82, 2.24) is 4.31 Å². The van der Waals surface area contributed by atoms with Gasteiger partial charge in [0.2, 0.25) is 10.0 Å². The second kappa shape index (κ2) is 6.37. The molecule has 114 valence electrons. The van der Waals surface area contributed by atoms with Crippen LogP contribution < -0.4 is 5.73 Å². The molecule has 0 atom stereocenters. The van der Waals surface area contributed by atoms with Crippen LogP contribution in [0.2, 0.25) is 0 Å². The highest BCUT2D eigenvalue weighted by molar-refractivity contribution is 7.89. The van der Waals surface area contributed by atoms with Gasteiger partial charge in [0.1, 0.15) is 4.90 Å². The molecular weight excluding hydrogens is 304 g/mol. The Morgan fingerprint density at radius 1 is 1.30 bits per heavy atom. The molecule has 10 heteroatoms. The molecule has 1 aromatic carbocycles. The number of nitrogens with zero attached hydrogens (tertiary/aromatic N) is 1. The smallest absolute Gasteiger partial charge is 0.252 e. The van der Waals surface area contributed by atoms with E-state index in [1.807, 2.05) is 0 Å². The Hall–Kier alpha value is -1.39. The van der Waals surface area contributed by atoms with Crippen LogP contribution in [-0.2, 0) is 10.0 Å². The number of halogens is 4. The molecule has 0 radical (unpaired) electrons. The van der Waals surface area contributed by atoms with Gasteiger partial charge in [0.15, 0.2) is 11.6 Å². The van der Waals surface area contributed by atoms with Gasteiger partial charge >= 0.3 is 0 Å². The summed E-state index contributed by atoms with van der Waals surface area (Å²) in [6, 6.07) is 1.20. The summed E-state index contributed by atoms with van der Waals surface area (Å²) in [6.07, 6.45) is -3.04. The number of nitrogen functional groups attached to an aromatic ring is 1. The predicted molar refractivity (Wildman–Crippen MR) is 62.6 cm³/mol. The zero-order chi connectivity index (χ0) is 15.5. The standard InChI is InChI=1S/C10H12F4N2O3S/c11-7-3-6(15)4-8(10(7)14)20(18,19)16(1-2-17)5-9(12)13/h3-4,9,17H,1-2,5,15H2. The maximum Gasteiger partial charge on any atom is 0.252 e. The van der Waals surface area contributed by atoms with Crippen LogP contribution in [0.15, 0.2) is 17.0 Å². The SMILES string of the molecule is Nc1cc(F)c(F)c(S(=O)(=O)N(CCO)CC(F)F)c1. The average molecular weight is 316 g/mol. The van der Waals surface area contributed by atoms with E-state index in [2.05, 4.69) is 0 Å². The van der Waals surface area contributed by atoms with Gasteiger partial charge in [-0.25, -0.2) is 26.0 Å². The van der Waals surface area contributed by atoms with Crippen LogP contribution in [0.3, 0.4) is 0 Å². The Morgan fingerprint density at radius 3 is 2.40 bits per heavy atom. The summed E-state index contributed by atoms with van der Waals surface area (Å²) < 4.78 is 75.5. The Bertz CT molecular complexity index is 580. The average Bonchev–Trinajstić information content (AvgIpc) is 2.32. The third-order valence-corrected chi connectivity index (χ3v) is 4.19. The number of hydrogen-bond acceptors (Lipinski definition) is 4. The monoisotopic (exact) mass is 316 g/mol. The lowest BCUT2D eigenvalue weighted by Crippen LogP contribution is -2.37. The predicted octanol–water partition coefficient (Wildman–Crippen LogP) is 0.795. The molecule has 0 saturated heterocycles. The molecule has 20 heavy (non-hydrogen) atoms. The molecule has 0 bridgehead atoms. The van der Waals surface area contributed by atoms with Crippen molar-refractivity contribution in [2.24, 2.45) is 0 Å². The van der Waals surface area contributed by atoms with Crippen LogP contribution in [0.1, 0.15) is 0 Å². The molecule has 0 fully saturated rings. The first-order valence-electron chi connectivity index (χ1n) is 5.33. The van der Waals surface area contributed by atoms with Crippen molar-refractivity contribution >= 4 is 15.7 Å². The summed E-state index contributed by atoms with van der Waals surface area (Å²) in [4.78, 5) is -1.15. The summed E-state index contributed by atoms with van der Waals surface area (Å²) in [5, 5.41) is 8.69. The summed E-state index contributed by atoms with van der Waals surface area (Å²) >= 11 is 0. The van der Waals surface area contributed by atoms with Crippen molar-refractivity contribution in [2.45, 2.75) is 11.3 Å². The zero-order valence-corrected chi connectivity index (χ0v) is 10.9. The van der Waals surface area contributed by atoms with E-state index in [1.54, 1.807) is 0 Å². The molecule has 0 amide bonds. The molecule has 0 unspecified atom stereocenters. The van der Waals surface area contributed by atoms with Crippen LogP contribution in [0, 0.1) is 11.6 Å². The molecule has 1 aromatic rings. The van der Waals surface area contributed by atoms with Gasteiger partial charge in [-0.2, -0.15) is 4.31 Å². The Balaban J connectivity index is 3.33. The van der Waals surface area contributed by atoms with E-state index in [-0.39, 0.29) is 9.99 Å². The van der Waals surface area contributed by atoms with Crippen molar-refractivity contribution in [3.63, 3.8) is 0 Å². The number of rotatable bonds is 6. The van der Waals surface area contributed by atoms with Gasteiger partial charge in [0.05, 0.1) is 13.2 Å². The second-order valence-corrected chi connectivity index (χ2v) is 5.70. The molecule has 1 rings (SSSR count). The molecule has 3 N–H and O–H groups in total. The van der Waals surface area contributed by atoms with Gasteiger partial charge < -0.3 is 10.8 Å². The number of sulfonamides is 1. The van der Waals surface area contributed by atoms with Crippen LogP contribution in [0.25, 0.3) is 0 Å². The van der Waals surface area contributed by atoms with Gasteiger partial charge in [-0.1, -0.05) is 0 Å². The Morgan fingerprint density at radius 2 is 1.90 bits per heavy atom. The van der Waals surface area contributed by atoms with Gasteiger partial charge in [-0.05, 0) is 12.1 Å². The minimum absolute atomic E-state index is 0.162. The number of benzene rings is 1. The fraction of sp³-hybridized carbons (Fsp3) is 0.400. The van der Waals surface area contributed by atoms with E-state index >= 15 is 0 Å². The van der Waals surface area contributed by atoms with E-state index in [0.717, 1.165) is 0 Å². The number of aliphatic hydroxyl groups excluding tert-OH is 1. The van der Waals surface area contributed by atoms with Crippen molar-refractivity contribution < 1.29 is 31.1 Å². The zero-order valence-electron chi connectivity index (χ0n) is 10.1. The van der Waals surface area contributed by atoms with E-state index < -0.39 is 52.7 Å². The molecule has 0 aromatic heterocycles. The first kappa shape index (κ1) is 16.7. The summed E-state index contributed by atoms with van der Waals surface area (Å²) in [7, 11) is -4.74. The first-order chi connectivity index (χ1) is 9.20. The van der Waals surface area contributed by atoms with E-state index in [4.69, 9.17) is 10.8 Å². The van der Waals surface area contributed by atoms with Crippen molar-refractivity contribution in [3.8, 4) is 0 Å². The largest absolute Gasteiger partial charge is 0.399 e. The number of nitrogens with two attached hydrogens (primary N) is 1. The molecular formula is C10H12F4N2O3S. The highest BCUT2D eigenvalue weighted by atomic mass is 32.2. The van der Waals surface area contributed by atoms with Crippen LogP contribution in [0.5, 0.6) is 0 Å². The lowest BCUT2D eigenvalue weighted by molar-refractivity contribution is 0.113. The molecule has 0 aliphatic rings. The topological polar surface area (TPSA) is 83.6 Å². The van der Waals surface area contributed by atoms with E-state index in [1.165, 1.54) is 0 Å². The summed E-state index contributed by atoms with van der Waals surface area (Å²) in [5.74, 6) is -3.22. The van der Waals surface area contributed by atoms with E-state index in [9.17, 15) is 26.0 Å². The Labute approximate surface area is 112 Å². The number of hydrogen-bond donors (Lipinski definition) is 2. The summed E-state index contributed by atoms with van der Waals surface area (Å²) in [5.41, 5.74) is 4.84. The number of anilines is 1. The van der Waals surface area contributed by atoms with Gasteiger partial charge in [-0.15, -0.1) is 0 Å². The maximum atomic E-state index is 13.5. The molecule has 0 aliphatic heterocycles. The molecule has 0 spiro atoms. The molecule has 0 heterocycles. The third-order valence-electron chi connectivity index (χ3n) is 2.33. The Kier molecular flexibility index (Phi) is 5.31. The van der Waals surface area contributed by atoms with Crippen LogP contribution in [-0.4, -0.2) is 44.0 Å². The van der Waals surface area contributed by atoms with Crippen LogP contribution >= 0.6 is 0 Å². The second-order valence-electron chi connectivity index (χ2n) is 3.79. The number of aliphatic hydroxyl groups is 1. The van der Waals surface area contributed by atoms with Gasteiger partial charge in [-0.3, -0.25) is 0 Å². The molecule has 0 saturated carbocycles. The van der Waals surface area contributed by atoms with Crippen molar-refractivity contribution in [2.75, 3.05) is 25.4 Å². The highest BCUT2D eigenvalue weighted by Gasteiger charge is 2.31. The fourth-order valence-corrected chi connectivity index (χ4v) is 3.00. The minimum atomic E-state index is -4.74. The minimum Gasteiger partial charge on any atom is -0.399 e. The van der Waals surface area contributed by atoms with E-state index in [0.29, 0.717) is 12.1 Å². The summed E-state index contributed by atoms with van der Waals surface area (Å²) in [6.45, 7) is -2.68. The fourth-order valence-electron chi connectivity index (χ4n) is 1.49. The molecule has 0 aliphatic carbocycles. The third kappa shape index (κ3) is 3.58. The molecule has 5 nitrogen and oxygen atoms in total. The lowest BCUT2D eigenvalue weighted by atomic mass is 10.3. The normalized spacial score (nSPS) is 12.3. The highest BCUT2D eigenvalue weighted by Crippen LogP contribution is 2.24. The van der Waals surface area contributed by atoms with Gasteiger partial charge in [0, 0.05) is 12.2 Å². The van der Waals surface area contributed by atoms with Crippen LogP contribution in [0.4, 0.5) is 23.2 Å². The van der Waals surface area contributed by atoms with Gasteiger partial charge in [0.25, 0.3) is 6.43 Å². The lowest BCUT2D eigenvalue weighted by Gasteiger charge is -2.21. The first-order valence-corrected chi connectivity index (χ1v) is 6.77. The quantitative estimate of drug-likeness (QED) is 0.600. The maximum absolute atomic E-state index is 13.5. The van der Waals surface area contributed by atoms with Crippen molar-refractivity contribution in [3.05, 3.63) is 23.8 Å².